The monoisotopic (exact) mass is 291 g/mol. The maximum absolute atomic E-state index is 11.5. The van der Waals surface area contributed by atoms with Crippen molar-refractivity contribution < 1.29 is 9.78 Å². The predicted octanol–water partition coefficient (Wildman–Crippen LogP) is 4.22. The Morgan fingerprint density at radius 1 is 1.05 bits per heavy atom. The molecule has 22 heavy (non-hydrogen) atoms. The van der Waals surface area contributed by atoms with Gasteiger partial charge in [-0.05, 0) is 37.6 Å². The fourth-order valence-electron chi connectivity index (χ4n) is 2.61. The van der Waals surface area contributed by atoms with Crippen molar-refractivity contribution in [3.8, 4) is 0 Å². The van der Waals surface area contributed by atoms with Gasteiger partial charge in [0.05, 0.1) is 11.1 Å². The third kappa shape index (κ3) is 2.84. The van der Waals surface area contributed by atoms with Crippen LogP contribution < -0.4 is 10.3 Å². The van der Waals surface area contributed by atoms with E-state index < -0.39 is 0 Å². The van der Waals surface area contributed by atoms with Crippen LogP contribution in [0.15, 0.2) is 48.5 Å². The predicted molar refractivity (Wildman–Crippen MR) is 89.7 cm³/mol. The summed E-state index contributed by atoms with van der Waals surface area (Å²) < 4.78 is 0. The molecule has 0 saturated heterocycles. The smallest absolute Gasteiger partial charge is 0.213 e. The van der Waals surface area contributed by atoms with Crippen LogP contribution in [0.4, 0.5) is 11.4 Å². The molecule has 3 aromatic rings. The van der Waals surface area contributed by atoms with Gasteiger partial charge in [-0.25, -0.2) is 4.98 Å². The molecule has 3 rings (SSSR count). The van der Waals surface area contributed by atoms with Crippen molar-refractivity contribution in [1.29, 1.82) is 0 Å². The number of aryl methyl sites for hydroxylation is 2. The summed E-state index contributed by atoms with van der Waals surface area (Å²) in [7, 11) is 0. The summed E-state index contributed by atoms with van der Waals surface area (Å²) in [6.07, 6.45) is 0. The van der Waals surface area contributed by atoms with Gasteiger partial charge in [0.15, 0.2) is 11.5 Å². The van der Waals surface area contributed by atoms with E-state index in [0.717, 1.165) is 28.0 Å². The summed E-state index contributed by atoms with van der Waals surface area (Å²) in [5, 5.41) is 4.58. The largest absolute Gasteiger partial charge is 0.355 e. The van der Waals surface area contributed by atoms with Crippen LogP contribution in [0.3, 0.4) is 0 Å². The van der Waals surface area contributed by atoms with Crippen molar-refractivity contribution in [2.75, 3.05) is 5.32 Å². The highest BCUT2D eigenvalue weighted by Crippen LogP contribution is 2.26. The number of pyridine rings is 1. The SMILES string of the molecule is CC(=O)c1cccc(Nc2cc(C)[nH+]c3ccc(C)cc23)c1. The quantitative estimate of drug-likeness (QED) is 0.734. The summed E-state index contributed by atoms with van der Waals surface area (Å²) in [4.78, 5) is 14.9. The number of aromatic amines is 1. The summed E-state index contributed by atoms with van der Waals surface area (Å²) in [6, 6.07) is 16.0. The molecule has 0 aliphatic heterocycles. The Balaban J connectivity index is 2.08. The topological polar surface area (TPSA) is 43.2 Å². The number of hydrogen-bond acceptors (Lipinski definition) is 2. The Labute approximate surface area is 130 Å². The van der Waals surface area contributed by atoms with E-state index in [2.05, 4.69) is 41.5 Å². The standard InChI is InChI=1S/C19H18N2O/c1-12-7-8-18-17(9-12)19(10-13(2)20-18)21-16-6-4-5-15(11-16)14(3)22/h4-11H,1-3H3,(H,20,21)/p+1. The highest BCUT2D eigenvalue weighted by atomic mass is 16.1. The van der Waals surface area contributed by atoms with Gasteiger partial charge in [-0.15, -0.1) is 0 Å². The molecule has 0 aliphatic rings. The van der Waals surface area contributed by atoms with E-state index in [4.69, 9.17) is 0 Å². The molecule has 1 heterocycles. The average Bonchev–Trinajstić information content (AvgIpc) is 2.48. The normalized spacial score (nSPS) is 10.7. The number of H-pyrrole nitrogens is 1. The zero-order valence-electron chi connectivity index (χ0n) is 13.0. The molecule has 0 spiro atoms. The third-order valence-corrected chi connectivity index (χ3v) is 3.71. The van der Waals surface area contributed by atoms with E-state index in [1.807, 2.05) is 31.2 Å². The number of carbonyl (C=O) groups is 1. The lowest BCUT2D eigenvalue weighted by atomic mass is 10.1. The Morgan fingerprint density at radius 2 is 1.86 bits per heavy atom. The zero-order valence-corrected chi connectivity index (χ0v) is 13.0. The van der Waals surface area contributed by atoms with Crippen molar-refractivity contribution in [3.05, 3.63) is 65.4 Å². The summed E-state index contributed by atoms with van der Waals surface area (Å²) >= 11 is 0. The first kappa shape index (κ1) is 14.3. The van der Waals surface area contributed by atoms with Crippen molar-refractivity contribution >= 4 is 28.1 Å². The van der Waals surface area contributed by atoms with Crippen molar-refractivity contribution in [1.82, 2.24) is 0 Å². The number of aromatic nitrogens is 1. The number of carbonyl (C=O) groups excluding carboxylic acids is 1. The first-order valence-electron chi connectivity index (χ1n) is 7.34. The van der Waals surface area contributed by atoms with Crippen LogP contribution >= 0.6 is 0 Å². The minimum Gasteiger partial charge on any atom is -0.355 e. The van der Waals surface area contributed by atoms with Crippen LogP contribution in [0.25, 0.3) is 10.9 Å². The third-order valence-electron chi connectivity index (χ3n) is 3.71. The Kier molecular flexibility index (Phi) is 3.63. The van der Waals surface area contributed by atoms with Crippen LogP contribution in [-0.2, 0) is 0 Å². The summed E-state index contributed by atoms with van der Waals surface area (Å²) in [6.45, 7) is 5.70. The molecule has 3 nitrogen and oxygen atoms in total. The molecular formula is C19H19N2O+. The minimum atomic E-state index is 0.0712. The van der Waals surface area contributed by atoms with Gasteiger partial charge in [0.1, 0.15) is 0 Å². The molecule has 0 bridgehead atoms. The number of hydrogen-bond donors (Lipinski definition) is 1. The minimum absolute atomic E-state index is 0.0712. The second-order valence-corrected chi connectivity index (χ2v) is 5.68. The molecule has 0 saturated carbocycles. The first-order chi connectivity index (χ1) is 10.5. The number of benzene rings is 2. The number of rotatable bonds is 3. The maximum atomic E-state index is 11.5. The molecule has 110 valence electrons. The first-order valence-corrected chi connectivity index (χ1v) is 7.34. The lowest BCUT2D eigenvalue weighted by Crippen LogP contribution is -2.10. The van der Waals surface area contributed by atoms with E-state index in [0.29, 0.717) is 5.56 Å². The molecular weight excluding hydrogens is 272 g/mol. The lowest BCUT2D eigenvalue weighted by molar-refractivity contribution is -0.354. The number of fused-ring (bicyclic) bond motifs is 1. The fraction of sp³-hybridized carbons (Fsp3) is 0.158. The van der Waals surface area contributed by atoms with Gasteiger partial charge in [-0.3, -0.25) is 4.79 Å². The zero-order chi connectivity index (χ0) is 15.7. The molecule has 0 atom stereocenters. The van der Waals surface area contributed by atoms with Gasteiger partial charge in [0.25, 0.3) is 0 Å². The van der Waals surface area contributed by atoms with Crippen LogP contribution in [0.5, 0.6) is 0 Å². The Bertz CT molecular complexity index is 868. The molecule has 0 aliphatic carbocycles. The van der Waals surface area contributed by atoms with E-state index in [1.165, 1.54) is 5.56 Å². The van der Waals surface area contributed by atoms with Gasteiger partial charge in [-0.2, -0.15) is 0 Å². The Morgan fingerprint density at radius 3 is 2.64 bits per heavy atom. The second-order valence-electron chi connectivity index (χ2n) is 5.68. The van der Waals surface area contributed by atoms with Crippen LogP contribution in [-0.4, -0.2) is 5.78 Å². The summed E-state index contributed by atoms with van der Waals surface area (Å²) in [5.41, 5.74) is 6.06. The highest BCUT2D eigenvalue weighted by molar-refractivity contribution is 5.96. The molecule has 0 amide bonds. The van der Waals surface area contributed by atoms with Crippen molar-refractivity contribution in [2.24, 2.45) is 0 Å². The molecule has 0 radical (unpaired) electrons. The van der Waals surface area contributed by atoms with Gasteiger partial charge < -0.3 is 5.32 Å². The van der Waals surface area contributed by atoms with E-state index in [-0.39, 0.29) is 5.78 Å². The fourth-order valence-corrected chi connectivity index (χ4v) is 2.61. The molecule has 2 aromatic carbocycles. The second kappa shape index (κ2) is 5.60. The number of nitrogens with one attached hydrogen (secondary N) is 2. The van der Waals surface area contributed by atoms with Gasteiger partial charge in [0.2, 0.25) is 5.52 Å². The van der Waals surface area contributed by atoms with Crippen LogP contribution in [0.2, 0.25) is 0 Å². The number of Topliss-reactive ketones (excluding diaryl/α,β-unsaturated/α-hetero) is 1. The molecule has 3 heteroatoms. The highest BCUT2D eigenvalue weighted by Gasteiger charge is 2.10. The maximum Gasteiger partial charge on any atom is 0.213 e. The average molecular weight is 291 g/mol. The molecule has 1 aromatic heterocycles. The van der Waals surface area contributed by atoms with Gasteiger partial charge >= 0.3 is 0 Å². The molecule has 0 unspecified atom stereocenters. The van der Waals surface area contributed by atoms with Gasteiger partial charge in [0, 0.05) is 30.3 Å². The number of anilines is 2. The van der Waals surface area contributed by atoms with Crippen molar-refractivity contribution in [3.63, 3.8) is 0 Å². The molecule has 2 N–H and O–H groups in total. The van der Waals surface area contributed by atoms with E-state index in [1.54, 1.807) is 6.92 Å². The van der Waals surface area contributed by atoms with Gasteiger partial charge in [-0.1, -0.05) is 18.2 Å². The Hall–Kier alpha value is -2.68. The van der Waals surface area contributed by atoms with Crippen LogP contribution in [0, 0.1) is 13.8 Å². The van der Waals surface area contributed by atoms with E-state index >= 15 is 0 Å². The van der Waals surface area contributed by atoms with Crippen LogP contribution in [0.1, 0.15) is 28.5 Å². The summed E-state index contributed by atoms with van der Waals surface area (Å²) in [5.74, 6) is 0.0712. The number of ketones is 1. The molecule has 0 fully saturated rings. The lowest BCUT2D eigenvalue weighted by Gasteiger charge is -2.10. The van der Waals surface area contributed by atoms with Crippen molar-refractivity contribution in [2.45, 2.75) is 20.8 Å². The van der Waals surface area contributed by atoms with E-state index in [9.17, 15) is 4.79 Å².